The van der Waals surface area contributed by atoms with Gasteiger partial charge in [0, 0.05) is 17.8 Å². The molecule has 2 N–H and O–H groups in total. The molecule has 108 valence electrons. The van der Waals surface area contributed by atoms with E-state index in [0.717, 1.165) is 11.1 Å². The topological polar surface area (TPSA) is 54.0 Å². The first-order valence-electron chi connectivity index (χ1n) is 6.73. The summed E-state index contributed by atoms with van der Waals surface area (Å²) < 4.78 is 1.18. The number of rotatable bonds is 4. The minimum absolute atomic E-state index is 0.00881. The fraction of sp³-hybridized carbons (Fsp3) is 0.467. The van der Waals surface area contributed by atoms with Crippen molar-refractivity contribution in [3.63, 3.8) is 0 Å². The van der Waals surface area contributed by atoms with Gasteiger partial charge in [0.05, 0.1) is 16.8 Å². The normalized spacial score (nSPS) is 13.4. The van der Waals surface area contributed by atoms with Crippen molar-refractivity contribution >= 4 is 27.5 Å². The SMILES string of the molecule is CC(NCC(=O)NC(C)(C)C)c1cnc2ccsc2c1. The van der Waals surface area contributed by atoms with Crippen LogP contribution < -0.4 is 10.6 Å². The van der Waals surface area contributed by atoms with Crippen LogP contribution in [0, 0.1) is 0 Å². The van der Waals surface area contributed by atoms with Crippen LogP contribution in [-0.2, 0) is 4.79 Å². The van der Waals surface area contributed by atoms with Crippen LogP contribution in [0.5, 0.6) is 0 Å². The lowest BCUT2D eigenvalue weighted by molar-refractivity contribution is -0.121. The molecule has 0 saturated carbocycles. The number of amides is 1. The summed E-state index contributed by atoms with van der Waals surface area (Å²) in [5, 5.41) is 8.21. The van der Waals surface area contributed by atoms with Gasteiger partial charge in [-0.15, -0.1) is 11.3 Å². The van der Waals surface area contributed by atoms with Gasteiger partial charge in [0.2, 0.25) is 5.91 Å². The van der Waals surface area contributed by atoms with Crippen molar-refractivity contribution in [3.05, 3.63) is 29.3 Å². The van der Waals surface area contributed by atoms with Gasteiger partial charge in [0.1, 0.15) is 0 Å². The maximum atomic E-state index is 11.8. The number of nitrogens with zero attached hydrogens (tertiary/aromatic N) is 1. The molecule has 4 nitrogen and oxygen atoms in total. The van der Waals surface area contributed by atoms with Gasteiger partial charge in [-0.3, -0.25) is 9.78 Å². The van der Waals surface area contributed by atoms with Crippen molar-refractivity contribution in [2.24, 2.45) is 0 Å². The molecule has 1 amide bonds. The molecular formula is C15H21N3OS. The zero-order valence-electron chi connectivity index (χ0n) is 12.4. The molecule has 0 fully saturated rings. The molecule has 0 aromatic carbocycles. The predicted octanol–water partition coefficient (Wildman–Crippen LogP) is 2.86. The predicted molar refractivity (Wildman–Crippen MR) is 83.9 cm³/mol. The zero-order chi connectivity index (χ0) is 14.8. The number of carbonyl (C=O) groups is 1. The smallest absolute Gasteiger partial charge is 0.234 e. The minimum atomic E-state index is -0.195. The Morgan fingerprint density at radius 1 is 1.45 bits per heavy atom. The van der Waals surface area contributed by atoms with Crippen molar-refractivity contribution in [2.45, 2.75) is 39.3 Å². The van der Waals surface area contributed by atoms with Crippen molar-refractivity contribution < 1.29 is 4.79 Å². The first-order valence-corrected chi connectivity index (χ1v) is 7.61. The highest BCUT2D eigenvalue weighted by atomic mass is 32.1. The van der Waals surface area contributed by atoms with E-state index < -0.39 is 0 Å². The Kier molecular flexibility index (Phi) is 4.40. The van der Waals surface area contributed by atoms with Crippen LogP contribution in [0.3, 0.4) is 0 Å². The van der Waals surface area contributed by atoms with E-state index in [2.05, 4.69) is 21.7 Å². The lowest BCUT2D eigenvalue weighted by Crippen LogP contribution is -2.45. The maximum Gasteiger partial charge on any atom is 0.234 e. The van der Waals surface area contributed by atoms with E-state index in [-0.39, 0.29) is 17.5 Å². The summed E-state index contributed by atoms with van der Waals surface area (Å²) in [6.07, 6.45) is 1.87. The summed E-state index contributed by atoms with van der Waals surface area (Å²) in [6, 6.07) is 4.24. The van der Waals surface area contributed by atoms with E-state index in [0.29, 0.717) is 6.54 Å². The van der Waals surface area contributed by atoms with Gasteiger partial charge in [0.25, 0.3) is 0 Å². The molecule has 0 bridgehead atoms. The van der Waals surface area contributed by atoms with Crippen LogP contribution in [-0.4, -0.2) is 23.0 Å². The first kappa shape index (κ1) is 14.9. The molecule has 1 unspecified atom stereocenters. The third-order valence-electron chi connectivity index (χ3n) is 2.91. The fourth-order valence-corrected chi connectivity index (χ4v) is 2.71. The van der Waals surface area contributed by atoms with Gasteiger partial charge in [-0.1, -0.05) is 0 Å². The number of hydrogen-bond donors (Lipinski definition) is 2. The maximum absolute atomic E-state index is 11.8. The van der Waals surface area contributed by atoms with Crippen LogP contribution in [0.25, 0.3) is 10.2 Å². The lowest BCUT2D eigenvalue weighted by atomic mass is 10.1. The number of nitrogens with one attached hydrogen (secondary N) is 2. The van der Waals surface area contributed by atoms with Gasteiger partial charge in [-0.2, -0.15) is 0 Å². The third-order valence-corrected chi connectivity index (χ3v) is 3.76. The Morgan fingerprint density at radius 2 is 2.20 bits per heavy atom. The molecule has 0 aliphatic heterocycles. The standard InChI is InChI=1S/C15H21N3OS/c1-10(16-9-14(19)18-15(2,3)4)11-7-13-12(17-8-11)5-6-20-13/h5-8,10,16H,9H2,1-4H3,(H,18,19). The Bertz CT molecular complexity index is 600. The Hall–Kier alpha value is -1.46. The molecule has 0 aliphatic rings. The molecule has 5 heteroatoms. The van der Waals surface area contributed by atoms with Crippen LogP contribution in [0.15, 0.2) is 23.7 Å². The van der Waals surface area contributed by atoms with E-state index in [4.69, 9.17) is 0 Å². The number of pyridine rings is 1. The lowest BCUT2D eigenvalue weighted by Gasteiger charge is -2.21. The van der Waals surface area contributed by atoms with Crippen molar-refractivity contribution in [3.8, 4) is 0 Å². The fourth-order valence-electron chi connectivity index (χ4n) is 1.92. The molecule has 0 spiro atoms. The largest absolute Gasteiger partial charge is 0.350 e. The second-order valence-electron chi connectivity index (χ2n) is 5.97. The Labute approximate surface area is 123 Å². The molecule has 0 aliphatic carbocycles. The van der Waals surface area contributed by atoms with E-state index >= 15 is 0 Å². The van der Waals surface area contributed by atoms with Crippen LogP contribution in [0.1, 0.15) is 39.3 Å². The van der Waals surface area contributed by atoms with Crippen molar-refractivity contribution in [1.82, 2.24) is 15.6 Å². The Morgan fingerprint density at radius 3 is 2.90 bits per heavy atom. The molecule has 2 heterocycles. The van der Waals surface area contributed by atoms with Crippen molar-refractivity contribution in [1.29, 1.82) is 0 Å². The second-order valence-corrected chi connectivity index (χ2v) is 6.92. The molecule has 1 atom stereocenters. The summed E-state index contributed by atoms with van der Waals surface area (Å²) in [6.45, 7) is 8.27. The van der Waals surface area contributed by atoms with Crippen LogP contribution in [0.2, 0.25) is 0 Å². The van der Waals surface area contributed by atoms with Crippen LogP contribution >= 0.6 is 11.3 Å². The number of aromatic nitrogens is 1. The summed E-state index contributed by atoms with van der Waals surface area (Å²) in [7, 11) is 0. The van der Waals surface area contributed by atoms with E-state index in [1.165, 1.54) is 4.70 Å². The van der Waals surface area contributed by atoms with Crippen LogP contribution in [0.4, 0.5) is 0 Å². The summed E-state index contributed by atoms with van der Waals surface area (Å²) >= 11 is 1.68. The quantitative estimate of drug-likeness (QED) is 0.910. The summed E-state index contributed by atoms with van der Waals surface area (Å²) in [4.78, 5) is 16.2. The first-order chi connectivity index (χ1) is 9.35. The molecule has 2 aromatic rings. The summed E-state index contributed by atoms with van der Waals surface area (Å²) in [5.74, 6) is 0.00881. The number of carbonyl (C=O) groups excluding carboxylic acids is 1. The molecule has 0 saturated heterocycles. The summed E-state index contributed by atoms with van der Waals surface area (Å²) in [5.41, 5.74) is 1.93. The number of thiophene rings is 1. The molecule has 0 radical (unpaired) electrons. The monoisotopic (exact) mass is 291 g/mol. The van der Waals surface area contributed by atoms with Crippen molar-refractivity contribution in [2.75, 3.05) is 6.54 Å². The number of fused-ring (bicyclic) bond motifs is 1. The van der Waals surface area contributed by atoms with E-state index in [9.17, 15) is 4.79 Å². The van der Waals surface area contributed by atoms with Gasteiger partial charge in [-0.05, 0) is 50.8 Å². The van der Waals surface area contributed by atoms with Gasteiger partial charge in [0.15, 0.2) is 0 Å². The Balaban J connectivity index is 1.94. The zero-order valence-corrected chi connectivity index (χ0v) is 13.2. The molecule has 20 heavy (non-hydrogen) atoms. The number of hydrogen-bond acceptors (Lipinski definition) is 4. The van der Waals surface area contributed by atoms with Gasteiger partial charge in [-0.25, -0.2) is 0 Å². The second kappa shape index (κ2) is 5.89. The van der Waals surface area contributed by atoms with Gasteiger partial charge < -0.3 is 10.6 Å². The highest BCUT2D eigenvalue weighted by molar-refractivity contribution is 7.17. The molecule has 2 rings (SSSR count). The van der Waals surface area contributed by atoms with E-state index in [1.807, 2.05) is 45.3 Å². The molecular weight excluding hydrogens is 270 g/mol. The highest BCUT2D eigenvalue weighted by Gasteiger charge is 2.14. The minimum Gasteiger partial charge on any atom is -0.350 e. The third kappa shape index (κ3) is 4.02. The molecule has 2 aromatic heterocycles. The van der Waals surface area contributed by atoms with E-state index in [1.54, 1.807) is 11.3 Å². The average Bonchev–Trinajstić information content (AvgIpc) is 2.80. The average molecular weight is 291 g/mol. The van der Waals surface area contributed by atoms with Gasteiger partial charge >= 0.3 is 0 Å². The highest BCUT2D eigenvalue weighted by Crippen LogP contribution is 2.22.